The number of nitrogen functional groups attached to an aromatic ring is 1. The third kappa shape index (κ3) is 4.62. The van der Waals surface area contributed by atoms with Crippen molar-refractivity contribution in [3.63, 3.8) is 0 Å². The lowest BCUT2D eigenvalue weighted by Crippen LogP contribution is -2.46. The lowest BCUT2D eigenvalue weighted by molar-refractivity contribution is -0.0778. The summed E-state index contributed by atoms with van der Waals surface area (Å²) in [5.41, 5.74) is 1.41. The Hall–Kier alpha value is -3.27. The Morgan fingerprint density at radius 1 is 1.19 bits per heavy atom. The minimum Gasteiger partial charge on any atom is -0.394 e. The molecule has 2 aliphatic rings. The molecule has 0 radical (unpaired) electrons. The Bertz CT molecular complexity index is 1820. The molecule has 0 saturated carbocycles. The number of halogens is 2. The fourth-order valence-corrected chi connectivity index (χ4v) is 6.46. The molecule has 2 fully saturated rings. The van der Waals surface area contributed by atoms with Crippen molar-refractivity contribution in [2.45, 2.75) is 42.6 Å². The highest BCUT2D eigenvalue weighted by Gasteiger charge is 2.57. The molecule has 2 saturated heterocycles. The molecule has 2 aliphatic heterocycles. The average Bonchev–Trinajstić information content (AvgIpc) is 3.70. The molecule has 0 amide bonds. The van der Waals surface area contributed by atoms with Crippen molar-refractivity contribution in [2.75, 3.05) is 25.6 Å². The van der Waals surface area contributed by atoms with Gasteiger partial charge in [0.15, 0.2) is 40.9 Å². The maximum Gasteiger partial charge on any atom is 0.326 e. The number of nitrogens with zero attached hydrogens (tertiary/aromatic N) is 6. The summed E-state index contributed by atoms with van der Waals surface area (Å²) in [7, 11) is 0. The topological polar surface area (TPSA) is 251 Å². The Morgan fingerprint density at radius 3 is 2.67 bits per heavy atom. The van der Waals surface area contributed by atoms with Gasteiger partial charge in [0.2, 0.25) is 11.7 Å². The number of imidazole rings is 2. The average molecular weight is 633 g/mol. The maximum absolute atomic E-state index is 15.8. The fraction of sp³-hybridized carbons (Fsp3) is 0.500. The van der Waals surface area contributed by atoms with Crippen LogP contribution in [0, 0.1) is 0 Å². The predicted octanol–water partition coefficient (Wildman–Crippen LogP) is -1.94. The fourth-order valence-electron chi connectivity index (χ4n) is 4.86. The molecule has 4 aromatic rings. The SMILES string of the molecule is Nc1nc2c(ncn2[C@]2(OP(O)(=S)OC[C@H]3O[C@@H](n4cnc5c(=O)[nH]cnc54)[C@@H](F)[C@@H]3O)CO[C@H](CO)[C@H]2F)c(=O)[nH]1. The molecule has 4 aromatic heterocycles. The summed E-state index contributed by atoms with van der Waals surface area (Å²) < 4.78 is 54.9. The number of nitrogens with one attached hydrogen (secondary N) is 2. The highest BCUT2D eigenvalue weighted by molar-refractivity contribution is 8.07. The molecule has 8 atom stereocenters. The number of aromatic nitrogens is 8. The Balaban J connectivity index is 1.25. The van der Waals surface area contributed by atoms with Crippen LogP contribution in [0.15, 0.2) is 28.6 Å². The van der Waals surface area contributed by atoms with Crippen LogP contribution in [0.5, 0.6) is 0 Å². The van der Waals surface area contributed by atoms with Crippen LogP contribution in [0.2, 0.25) is 0 Å². The van der Waals surface area contributed by atoms with Crippen molar-refractivity contribution in [2.24, 2.45) is 0 Å². The quantitative estimate of drug-likeness (QED) is 0.116. The zero-order chi connectivity index (χ0) is 30.0. The van der Waals surface area contributed by atoms with Crippen LogP contribution in [0.25, 0.3) is 22.3 Å². The van der Waals surface area contributed by atoms with E-state index in [-0.39, 0.29) is 28.3 Å². The summed E-state index contributed by atoms with van der Waals surface area (Å²) in [5, 5.41) is 20.1. The maximum atomic E-state index is 15.8. The third-order valence-electron chi connectivity index (χ3n) is 6.88. The van der Waals surface area contributed by atoms with Gasteiger partial charge in [-0.2, -0.15) is 4.98 Å². The Kier molecular flexibility index (Phi) is 7.19. The number of aromatic amines is 2. The van der Waals surface area contributed by atoms with Crippen LogP contribution in [0.3, 0.4) is 0 Å². The molecule has 7 N–H and O–H groups in total. The van der Waals surface area contributed by atoms with Crippen LogP contribution >= 0.6 is 6.72 Å². The number of rotatable bonds is 8. The number of nitrogens with two attached hydrogens (primary N) is 1. The van der Waals surface area contributed by atoms with Crippen LogP contribution in [0.4, 0.5) is 14.7 Å². The lowest BCUT2D eigenvalue weighted by atomic mass is 10.1. The molecule has 226 valence electrons. The number of hydrogen-bond acceptors (Lipinski definition) is 14. The van der Waals surface area contributed by atoms with E-state index < -0.39 is 80.3 Å². The number of H-pyrrole nitrogens is 2. The summed E-state index contributed by atoms with van der Waals surface area (Å²) in [4.78, 5) is 55.5. The summed E-state index contributed by atoms with van der Waals surface area (Å²) in [6.45, 7) is -6.65. The van der Waals surface area contributed by atoms with Gasteiger partial charge in [0.05, 0.1) is 38.8 Å². The van der Waals surface area contributed by atoms with Gasteiger partial charge in [-0.3, -0.25) is 28.2 Å². The summed E-state index contributed by atoms with van der Waals surface area (Å²) in [6, 6.07) is 0. The number of fused-ring (bicyclic) bond motifs is 2. The number of ether oxygens (including phenoxy) is 2. The molecule has 18 nitrogen and oxygen atoms in total. The molecule has 22 heteroatoms. The lowest BCUT2D eigenvalue weighted by Gasteiger charge is -2.34. The van der Waals surface area contributed by atoms with Gasteiger partial charge in [-0.05, 0) is 11.8 Å². The number of hydrogen-bond donors (Lipinski definition) is 6. The normalized spacial score (nSPS) is 31.3. The largest absolute Gasteiger partial charge is 0.394 e. The van der Waals surface area contributed by atoms with Crippen molar-refractivity contribution in [1.82, 2.24) is 39.0 Å². The number of alkyl halides is 2. The second kappa shape index (κ2) is 10.5. The first-order chi connectivity index (χ1) is 20.0. The van der Waals surface area contributed by atoms with Gasteiger partial charge >= 0.3 is 6.72 Å². The van der Waals surface area contributed by atoms with Crippen LogP contribution in [0.1, 0.15) is 6.23 Å². The molecule has 42 heavy (non-hydrogen) atoms. The van der Waals surface area contributed by atoms with Gasteiger partial charge in [0.25, 0.3) is 11.1 Å². The van der Waals surface area contributed by atoms with Crippen molar-refractivity contribution >= 4 is 46.8 Å². The van der Waals surface area contributed by atoms with E-state index in [0.29, 0.717) is 0 Å². The zero-order valence-electron chi connectivity index (χ0n) is 21.0. The Morgan fingerprint density at radius 2 is 1.93 bits per heavy atom. The molecular weight excluding hydrogens is 611 g/mol. The van der Waals surface area contributed by atoms with E-state index in [0.717, 1.165) is 28.1 Å². The molecule has 0 spiro atoms. The number of aliphatic hydroxyl groups excluding tert-OH is 2. The van der Waals surface area contributed by atoms with E-state index in [9.17, 15) is 24.7 Å². The first kappa shape index (κ1) is 28.8. The first-order valence-corrected chi connectivity index (χ1v) is 14.7. The minimum absolute atomic E-state index is 0.00739. The van der Waals surface area contributed by atoms with Crippen LogP contribution < -0.4 is 16.9 Å². The first-order valence-electron chi connectivity index (χ1n) is 12.1. The standard InChI is InChI=1S/C20H22F2N9O9PS/c21-9-12(33)8(39-18(9)30-5-26-10-14(30)24-4-25-16(10)34)2-38-41(36,42)40-20(3-37-7(1-32)13(20)22)31-6-27-11-15(31)28-19(23)29-17(11)35/h4-9,12-13,18,32-33H,1-3H2,(H,36,42)(H,24,25,34)(H3,23,28,29,35)/t7-,8-,9+,12-,13-,18-,20+,41?/m1/s1. The highest BCUT2D eigenvalue weighted by Crippen LogP contribution is 2.54. The third-order valence-corrected chi connectivity index (χ3v) is 8.45. The van der Waals surface area contributed by atoms with Crippen molar-refractivity contribution < 1.29 is 42.4 Å². The van der Waals surface area contributed by atoms with Gasteiger partial charge in [-0.25, -0.2) is 23.7 Å². The van der Waals surface area contributed by atoms with E-state index >= 15 is 8.78 Å². The Labute approximate surface area is 236 Å². The van der Waals surface area contributed by atoms with Crippen molar-refractivity contribution in [3.05, 3.63) is 39.7 Å². The van der Waals surface area contributed by atoms with E-state index in [1.54, 1.807) is 0 Å². The molecule has 6 rings (SSSR count). The number of aliphatic hydroxyl groups is 2. The second-order valence-electron chi connectivity index (χ2n) is 9.43. The highest BCUT2D eigenvalue weighted by atomic mass is 32.5. The predicted molar refractivity (Wildman–Crippen MR) is 139 cm³/mol. The minimum atomic E-state index is -4.50. The summed E-state index contributed by atoms with van der Waals surface area (Å²) >= 11 is 5.11. The van der Waals surface area contributed by atoms with Gasteiger partial charge in [0, 0.05) is 0 Å². The van der Waals surface area contributed by atoms with E-state index in [2.05, 4.69) is 29.9 Å². The van der Waals surface area contributed by atoms with Crippen molar-refractivity contribution in [3.8, 4) is 0 Å². The second-order valence-corrected chi connectivity index (χ2v) is 12.2. The van der Waals surface area contributed by atoms with E-state index in [1.807, 2.05) is 0 Å². The molecule has 6 heterocycles. The number of anilines is 1. The summed E-state index contributed by atoms with van der Waals surface area (Å²) in [6.07, 6.45) is -7.17. The molecular formula is C20H22F2N9O9PS. The smallest absolute Gasteiger partial charge is 0.326 e. The van der Waals surface area contributed by atoms with Gasteiger partial charge < -0.3 is 39.8 Å². The van der Waals surface area contributed by atoms with E-state index in [4.69, 9.17) is 36.1 Å². The van der Waals surface area contributed by atoms with Crippen LogP contribution in [-0.2, 0) is 36.1 Å². The van der Waals surface area contributed by atoms with Crippen LogP contribution in [-0.4, -0.2) is 105 Å². The molecule has 0 aromatic carbocycles. The van der Waals surface area contributed by atoms with E-state index in [1.165, 1.54) is 0 Å². The zero-order valence-corrected chi connectivity index (χ0v) is 22.7. The van der Waals surface area contributed by atoms with Crippen molar-refractivity contribution in [1.29, 1.82) is 0 Å². The molecule has 0 aliphatic carbocycles. The molecule has 0 bridgehead atoms. The molecule has 1 unspecified atom stereocenters. The monoisotopic (exact) mass is 633 g/mol. The van der Waals surface area contributed by atoms with Gasteiger partial charge in [-0.15, -0.1) is 0 Å². The van der Waals surface area contributed by atoms with Gasteiger partial charge in [0.1, 0.15) is 18.3 Å². The van der Waals surface area contributed by atoms with Gasteiger partial charge in [-0.1, -0.05) is 0 Å². The summed E-state index contributed by atoms with van der Waals surface area (Å²) in [5.74, 6) is -0.328.